The molecule has 0 aromatic carbocycles. The van der Waals surface area contributed by atoms with Gasteiger partial charge in [0, 0.05) is 6.61 Å². The monoisotopic (exact) mass is 287 g/mol. The second-order valence-corrected chi connectivity index (χ2v) is 4.77. The average Bonchev–Trinajstić information content (AvgIpc) is 2.25. The molecule has 0 bridgehead atoms. The molecular weight excluding hydrogens is 270 g/mol. The van der Waals surface area contributed by atoms with Gasteiger partial charge >= 0.3 is 0 Å². The Morgan fingerprint density at radius 2 is 2.06 bits per heavy atom. The van der Waals surface area contributed by atoms with Crippen LogP contribution < -0.4 is 4.74 Å². The first-order chi connectivity index (χ1) is 7.68. The van der Waals surface area contributed by atoms with Crippen molar-refractivity contribution in [1.29, 1.82) is 0 Å². The molecule has 1 heterocycles. The molecule has 0 aliphatic heterocycles. The van der Waals surface area contributed by atoms with E-state index in [1.165, 1.54) is 0 Å². The minimum atomic E-state index is 0.571. The molecule has 1 aromatic heterocycles. The van der Waals surface area contributed by atoms with Crippen molar-refractivity contribution in [2.45, 2.75) is 20.3 Å². The largest absolute Gasteiger partial charge is 0.490 e. The lowest BCUT2D eigenvalue weighted by molar-refractivity contribution is 0.0924. The van der Waals surface area contributed by atoms with Gasteiger partial charge in [0.2, 0.25) is 0 Å². The Labute approximate surface area is 105 Å². The molecule has 1 rings (SSSR count). The van der Waals surface area contributed by atoms with Gasteiger partial charge in [0.05, 0.1) is 12.8 Å². The van der Waals surface area contributed by atoms with Gasteiger partial charge in [0.1, 0.15) is 17.0 Å². The number of nitrogens with zero attached hydrogens (tertiary/aromatic N) is 1. The zero-order valence-corrected chi connectivity index (χ0v) is 11.4. The molecule has 90 valence electrons. The number of pyridine rings is 1. The van der Waals surface area contributed by atoms with E-state index in [1.54, 1.807) is 6.20 Å². The fourth-order valence-corrected chi connectivity index (χ4v) is 1.32. The molecule has 3 nitrogen and oxygen atoms in total. The minimum Gasteiger partial charge on any atom is -0.490 e. The van der Waals surface area contributed by atoms with Crippen molar-refractivity contribution in [2.24, 2.45) is 5.92 Å². The van der Waals surface area contributed by atoms with E-state index in [2.05, 4.69) is 34.8 Å². The lowest BCUT2D eigenvalue weighted by Gasteiger charge is -2.08. The number of aromatic nitrogens is 1. The summed E-state index contributed by atoms with van der Waals surface area (Å²) in [5.41, 5.74) is 0. The fraction of sp³-hybridized carbons (Fsp3) is 0.583. The smallest absolute Gasteiger partial charge is 0.137 e. The van der Waals surface area contributed by atoms with Crippen LogP contribution in [0.2, 0.25) is 0 Å². The number of ether oxygens (including phenoxy) is 2. The van der Waals surface area contributed by atoms with Gasteiger partial charge in [-0.2, -0.15) is 0 Å². The van der Waals surface area contributed by atoms with Crippen LogP contribution in [0.5, 0.6) is 5.75 Å². The molecule has 0 saturated heterocycles. The molecule has 4 heteroatoms. The summed E-state index contributed by atoms with van der Waals surface area (Å²) < 4.78 is 11.7. The Balaban J connectivity index is 2.05. The average molecular weight is 288 g/mol. The molecule has 0 radical (unpaired) electrons. The third-order valence-electron chi connectivity index (χ3n) is 2.04. The molecule has 0 aliphatic carbocycles. The van der Waals surface area contributed by atoms with Crippen LogP contribution in [0.4, 0.5) is 0 Å². The van der Waals surface area contributed by atoms with Gasteiger partial charge < -0.3 is 9.47 Å². The first kappa shape index (κ1) is 13.5. The van der Waals surface area contributed by atoms with Crippen LogP contribution in [-0.4, -0.2) is 24.8 Å². The SMILES string of the molecule is CC(C)CCOCCOc1ccc(Br)nc1. The lowest BCUT2D eigenvalue weighted by atomic mass is 10.1. The van der Waals surface area contributed by atoms with E-state index in [9.17, 15) is 0 Å². The summed E-state index contributed by atoms with van der Waals surface area (Å²) in [6.45, 7) is 6.38. The number of hydrogen-bond acceptors (Lipinski definition) is 3. The van der Waals surface area contributed by atoms with Gasteiger partial charge in [-0.3, -0.25) is 0 Å². The first-order valence-corrected chi connectivity index (χ1v) is 6.30. The predicted molar refractivity (Wildman–Crippen MR) is 67.7 cm³/mol. The third kappa shape index (κ3) is 6.08. The van der Waals surface area contributed by atoms with E-state index in [-0.39, 0.29) is 0 Å². The van der Waals surface area contributed by atoms with E-state index >= 15 is 0 Å². The highest BCUT2D eigenvalue weighted by atomic mass is 79.9. The molecule has 16 heavy (non-hydrogen) atoms. The predicted octanol–water partition coefficient (Wildman–Crippen LogP) is 3.29. The molecule has 1 aromatic rings. The summed E-state index contributed by atoms with van der Waals surface area (Å²) >= 11 is 3.27. The molecule has 0 spiro atoms. The quantitative estimate of drug-likeness (QED) is 0.570. The molecule has 0 atom stereocenters. The summed E-state index contributed by atoms with van der Waals surface area (Å²) in [6, 6.07) is 3.74. The maximum absolute atomic E-state index is 5.46. The van der Waals surface area contributed by atoms with Crippen LogP contribution in [0.15, 0.2) is 22.9 Å². The molecule has 0 amide bonds. The molecule has 0 saturated carbocycles. The van der Waals surface area contributed by atoms with Gasteiger partial charge in [-0.15, -0.1) is 0 Å². The van der Waals surface area contributed by atoms with E-state index < -0.39 is 0 Å². The summed E-state index contributed by atoms with van der Waals surface area (Å²) in [5.74, 6) is 1.47. The summed E-state index contributed by atoms with van der Waals surface area (Å²) in [4.78, 5) is 4.07. The van der Waals surface area contributed by atoms with Crippen molar-refractivity contribution in [3.05, 3.63) is 22.9 Å². The Morgan fingerprint density at radius 1 is 1.25 bits per heavy atom. The summed E-state index contributed by atoms with van der Waals surface area (Å²) in [5, 5.41) is 0. The van der Waals surface area contributed by atoms with Crippen LogP contribution in [0.25, 0.3) is 0 Å². The van der Waals surface area contributed by atoms with Gasteiger partial charge in [-0.25, -0.2) is 4.98 Å². The van der Waals surface area contributed by atoms with Gasteiger partial charge in [0.15, 0.2) is 0 Å². The minimum absolute atomic E-state index is 0.571. The van der Waals surface area contributed by atoms with E-state index in [4.69, 9.17) is 9.47 Å². The zero-order chi connectivity index (χ0) is 11.8. The molecule has 0 aliphatic rings. The zero-order valence-electron chi connectivity index (χ0n) is 9.78. The van der Waals surface area contributed by atoms with Crippen LogP contribution in [0.1, 0.15) is 20.3 Å². The number of hydrogen-bond donors (Lipinski definition) is 0. The normalized spacial score (nSPS) is 10.8. The van der Waals surface area contributed by atoms with Crippen molar-refractivity contribution >= 4 is 15.9 Å². The van der Waals surface area contributed by atoms with Crippen LogP contribution in [-0.2, 0) is 4.74 Å². The third-order valence-corrected chi connectivity index (χ3v) is 2.51. The topological polar surface area (TPSA) is 31.4 Å². The Kier molecular flexibility index (Phi) is 6.42. The lowest BCUT2D eigenvalue weighted by Crippen LogP contribution is -2.08. The van der Waals surface area contributed by atoms with Crippen molar-refractivity contribution in [3.8, 4) is 5.75 Å². The van der Waals surface area contributed by atoms with Crippen LogP contribution >= 0.6 is 15.9 Å². The van der Waals surface area contributed by atoms with E-state index in [1.807, 2.05) is 12.1 Å². The maximum Gasteiger partial charge on any atom is 0.137 e. The van der Waals surface area contributed by atoms with Crippen molar-refractivity contribution in [3.63, 3.8) is 0 Å². The fourth-order valence-electron chi connectivity index (χ4n) is 1.09. The van der Waals surface area contributed by atoms with Crippen molar-refractivity contribution in [2.75, 3.05) is 19.8 Å². The van der Waals surface area contributed by atoms with Gasteiger partial charge in [-0.05, 0) is 40.4 Å². The van der Waals surface area contributed by atoms with Gasteiger partial charge in [-0.1, -0.05) is 13.8 Å². The standard InChI is InChI=1S/C12H18BrNO2/c1-10(2)5-6-15-7-8-16-11-3-4-12(13)14-9-11/h3-4,9-10H,5-8H2,1-2H3. The number of halogens is 1. The molecule has 0 N–H and O–H groups in total. The van der Waals surface area contributed by atoms with Crippen molar-refractivity contribution < 1.29 is 9.47 Å². The van der Waals surface area contributed by atoms with Crippen LogP contribution in [0, 0.1) is 5.92 Å². The van der Waals surface area contributed by atoms with Crippen molar-refractivity contribution in [1.82, 2.24) is 4.98 Å². The highest BCUT2D eigenvalue weighted by Gasteiger charge is 1.96. The highest BCUT2D eigenvalue weighted by molar-refractivity contribution is 9.10. The summed E-state index contributed by atoms with van der Waals surface area (Å²) in [7, 11) is 0. The molecule has 0 unspecified atom stereocenters. The second-order valence-electron chi connectivity index (χ2n) is 3.96. The number of rotatable bonds is 7. The maximum atomic E-state index is 5.46. The molecule has 0 fully saturated rings. The first-order valence-electron chi connectivity index (χ1n) is 5.50. The van der Waals surface area contributed by atoms with E-state index in [0.717, 1.165) is 23.4 Å². The Bertz CT molecular complexity index is 288. The molecular formula is C12H18BrNO2. The Hall–Kier alpha value is -0.610. The Morgan fingerprint density at radius 3 is 2.69 bits per heavy atom. The van der Waals surface area contributed by atoms with Gasteiger partial charge in [0.25, 0.3) is 0 Å². The highest BCUT2D eigenvalue weighted by Crippen LogP contribution is 2.12. The van der Waals surface area contributed by atoms with Crippen LogP contribution in [0.3, 0.4) is 0 Å². The van der Waals surface area contributed by atoms with E-state index in [0.29, 0.717) is 19.1 Å². The summed E-state index contributed by atoms with van der Waals surface area (Å²) in [6.07, 6.45) is 2.79. The second kappa shape index (κ2) is 7.63.